The van der Waals surface area contributed by atoms with Gasteiger partial charge in [-0.25, -0.2) is 10.2 Å². The number of rotatable bonds is 5. The number of benzene rings is 1. The molecule has 2 heterocycles. The van der Waals surface area contributed by atoms with E-state index in [2.05, 4.69) is 20.5 Å². The molecule has 3 aromatic rings. The van der Waals surface area contributed by atoms with Crippen molar-refractivity contribution in [3.63, 3.8) is 0 Å². The van der Waals surface area contributed by atoms with Gasteiger partial charge in [0, 0.05) is 25.7 Å². The summed E-state index contributed by atoms with van der Waals surface area (Å²) in [6.07, 6.45) is 0. The monoisotopic (exact) mass is 371 g/mol. The van der Waals surface area contributed by atoms with Gasteiger partial charge in [-0.2, -0.15) is 10.1 Å². The standard InChI is InChI=1S/C16H17N7O4/c1-4-22-12-13(21(3)16(25)18-14(12)24)17-15(22)20-19-9(2)10-5-7-11(8-6-10)23(26)27/h5-8H,4H2,1-3H3,(H,17,20)(H,18,24,25)/b19-9+. The third kappa shape index (κ3) is 3.21. The van der Waals surface area contributed by atoms with Crippen LogP contribution < -0.4 is 16.7 Å². The third-order valence-corrected chi connectivity index (χ3v) is 4.14. The number of aromatic nitrogens is 4. The third-order valence-electron chi connectivity index (χ3n) is 4.14. The summed E-state index contributed by atoms with van der Waals surface area (Å²) in [5.41, 5.74) is 3.50. The second kappa shape index (κ2) is 6.86. The largest absolute Gasteiger partial charge is 0.329 e. The predicted molar refractivity (Wildman–Crippen MR) is 100 cm³/mol. The van der Waals surface area contributed by atoms with Crippen LogP contribution >= 0.6 is 0 Å². The Labute approximate surface area is 152 Å². The fourth-order valence-corrected chi connectivity index (χ4v) is 2.65. The summed E-state index contributed by atoms with van der Waals surface area (Å²) in [6.45, 7) is 4.01. The Hall–Kier alpha value is -3.76. The highest BCUT2D eigenvalue weighted by Crippen LogP contribution is 2.16. The summed E-state index contributed by atoms with van der Waals surface area (Å²) in [6, 6.07) is 5.97. The number of nitrogens with zero attached hydrogens (tertiary/aromatic N) is 5. The van der Waals surface area contributed by atoms with Crippen LogP contribution in [0.15, 0.2) is 39.0 Å². The van der Waals surface area contributed by atoms with Crippen molar-refractivity contribution in [1.82, 2.24) is 19.1 Å². The lowest BCUT2D eigenvalue weighted by atomic mass is 10.1. The van der Waals surface area contributed by atoms with E-state index < -0.39 is 16.2 Å². The first-order valence-corrected chi connectivity index (χ1v) is 8.08. The summed E-state index contributed by atoms with van der Waals surface area (Å²) in [4.78, 5) is 40.7. The van der Waals surface area contributed by atoms with E-state index in [9.17, 15) is 19.7 Å². The molecule has 0 spiro atoms. The number of nitro groups is 1. The number of fused-ring (bicyclic) bond motifs is 1. The number of aryl methyl sites for hydroxylation is 2. The molecule has 0 bridgehead atoms. The number of nitro benzene ring substituents is 1. The van der Waals surface area contributed by atoms with Gasteiger partial charge in [-0.1, -0.05) is 0 Å². The number of H-pyrrole nitrogens is 1. The van der Waals surface area contributed by atoms with Crippen LogP contribution in [0.4, 0.5) is 11.6 Å². The van der Waals surface area contributed by atoms with Gasteiger partial charge < -0.3 is 4.57 Å². The highest BCUT2D eigenvalue weighted by Gasteiger charge is 2.16. The summed E-state index contributed by atoms with van der Waals surface area (Å²) in [5.74, 6) is 0.306. The molecular weight excluding hydrogens is 354 g/mol. The zero-order valence-electron chi connectivity index (χ0n) is 14.9. The lowest BCUT2D eigenvalue weighted by Gasteiger charge is -2.05. The molecule has 2 N–H and O–H groups in total. The minimum atomic E-state index is -0.551. The van der Waals surface area contributed by atoms with Crippen LogP contribution in [-0.2, 0) is 13.6 Å². The van der Waals surface area contributed by atoms with Gasteiger partial charge >= 0.3 is 5.69 Å². The quantitative estimate of drug-likeness (QED) is 0.392. The first-order valence-electron chi connectivity index (χ1n) is 8.08. The average Bonchev–Trinajstić information content (AvgIpc) is 3.03. The van der Waals surface area contributed by atoms with Crippen LogP contribution in [0.3, 0.4) is 0 Å². The molecule has 0 aliphatic carbocycles. The van der Waals surface area contributed by atoms with Crippen molar-refractivity contribution in [3.05, 3.63) is 60.8 Å². The van der Waals surface area contributed by atoms with E-state index in [0.29, 0.717) is 23.8 Å². The topological polar surface area (TPSA) is 140 Å². The van der Waals surface area contributed by atoms with E-state index >= 15 is 0 Å². The summed E-state index contributed by atoms with van der Waals surface area (Å²) in [7, 11) is 1.52. The zero-order chi connectivity index (χ0) is 19.7. The van der Waals surface area contributed by atoms with Gasteiger partial charge in [0.15, 0.2) is 11.2 Å². The van der Waals surface area contributed by atoms with Gasteiger partial charge in [0.05, 0.1) is 10.6 Å². The molecule has 0 aliphatic heterocycles. The molecule has 140 valence electrons. The Bertz CT molecular complexity index is 1170. The van der Waals surface area contributed by atoms with E-state index in [0.717, 1.165) is 0 Å². The summed E-state index contributed by atoms with van der Waals surface area (Å²) in [5, 5.41) is 15.0. The molecule has 0 atom stereocenters. The SMILES string of the molecule is CCn1c(N/N=C(\C)c2ccc([N+](=O)[O-])cc2)nc2c1c(=O)[nH]c(=O)n2C. The smallest absolute Gasteiger partial charge is 0.303 e. The maximum atomic E-state index is 12.1. The summed E-state index contributed by atoms with van der Waals surface area (Å²) >= 11 is 0. The molecule has 0 saturated carbocycles. The number of hydrogen-bond donors (Lipinski definition) is 2. The van der Waals surface area contributed by atoms with Crippen molar-refractivity contribution in [3.8, 4) is 0 Å². The Balaban J connectivity index is 1.99. The normalized spacial score (nSPS) is 11.7. The van der Waals surface area contributed by atoms with E-state index in [1.807, 2.05) is 6.92 Å². The van der Waals surface area contributed by atoms with Crippen LogP contribution in [0.25, 0.3) is 11.2 Å². The molecule has 0 amide bonds. The molecule has 2 aromatic heterocycles. The van der Waals surface area contributed by atoms with Crippen LogP contribution in [0.1, 0.15) is 19.4 Å². The van der Waals surface area contributed by atoms with Crippen molar-refractivity contribution in [2.75, 3.05) is 5.43 Å². The van der Waals surface area contributed by atoms with Gasteiger partial charge in [-0.3, -0.25) is 24.5 Å². The Morgan fingerprint density at radius 2 is 2.00 bits per heavy atom. The molecule has 11 nitrogen and oxygen atoms in total. The minimum absolute atomic E-state index is 0.00701. The highest BCUT2D eigenvalue weighted by molar-refractivity contribution is 5.99. The van der Waals surface area contributed by atoms with E-state index in [1.165, 1.54) is 23.7 Å². The fourth-order valence-electron chi connectivity index (χ4n) is 2.65. The number of anilines is 1. The number of hydrogen-bond acceptors (Lipinski definition) is 7. The number of hydrazone groups is 1. The second-order valence-corrected chi connectivity index (χ2v) is 5.78. The van der Waals surface area contributed by atoms with Gasteiger partial charge in [0.2, 0.25) is 5.95 Å². The van der Waals surface area contributed by atoms with Gasteiger partial charge in [-0.15, -0.1) is 0 Å². The molecule has 0 saturated heterocycles. The van der Waals surface area contributed by atoms with E-state index in [1.54, 1.807) is 23.6 Å². The number of imidazole rings is 1. The minimum Gasteiger partial charge on any atom is -0.303 e. The van der Waals surface area contributed by atoms with Crippen LogP contribution in [0, 0.1) is 10.1 Å². The lowest BCUT2D eigenvalue weighted by Crippen LogP contribution is -2.29. The van der Waals surface area contributed by atoms with Gasteiger partial charge in [0.1, 0.15) is 0 Å². The molecule has 0 unspecified atom stereocenters. The molecule has 0 fully saturated rings. The van der Waals surface area contributed by atoms with Crippen LogP contribution in [0.5, 0.6) is 0 Å². The fraction of sp³-hybridized carbons (Fsp3) is 0.250. The van der Waals surface area contributed by atoms with Crippen LogP contribution in [-0.4, -0.2) is 29.7 Å². The predicted octanol–water partition coefficient (Wildman–Crippen LogP) is 1.19. The molecule has 3 rings (SSSR count). The van der Waals surface area contributed by atoms with Crippen molar-refractivity contribution in [2.24, 2.45) is 12.1 Å². The maximum Gasteiger partial charge on any atom is 0.329 e. The number of nitrogens with one attached hydrogen (secondary N) is 2. The van der Waals surface area contributed by atoms with Crippen molar-refractivity contribution in [2.45, 2.75) is 20.4 Å². The summed E-state index contributed by atoms with van der Waals surface area (Å²) < 4.78 is 2.86. The Morgan fingerprint density at radius 3 is 2.59 bits per heavy atom. The van der Waals surface area contributed by atoms with Crippen molar-refractivity contribution >= 4 is 28.5 Å². The maximum absolute atomic E-state index is 12.1. The second-order valence-electron chi connectivity index (χ2n) is 5.78. The first kappa shape index (κ1) is 18.0. The first-order chi connectivity index (χ1) is 12.8. The van der Waals surface area contributed by atoms with Crippen molar-refractivity contribution in [1.29, 1.82) is 0 Å². The molecule has 27 heavy (non-hydrogen) atoms. The van der Waals surface area contributed by atoms with Crippen molar-refractivity contribution < 1.29 is 4.92 Å². The Kier molecular flexibility index (Phi) is 4.59. The van der Waals surface area contributed by atoms with E-state index in [-0.39, 0.29) is 16.9 Å². The number of aromatic amines is 1. The van der Waals surface area contributed by atoms with Gasteiger partial charge in [0.25, 0.3) is 11.2 Å². The molecule has 11 heteroatoms. The van der Waals surface area contributed by atoms with E-state index in [4.69, 9.17) is 0 Å². The zero-order valence-corrected chi connectivity index (χ0v) is 14.9. The number of non-ortho nitro benzene ring substituents is 1. The lowest BCUT2D eigenvalue weighted by molar-refractivity contribution is -0.384. The van der Waals surface area contributed by atoms with Gasteiger partial charge in [-0.05, 0) is 31.5 Å². The molecule has 1 aromatic carbocycles. The Morgan fingerprint density at radius 1 is 1.33 bits per heavy atom. The average molecular weight is 371 g/mol. The molecular formula is C16H17N7O4. The van der Waals surface area contributed by atoms with Crippen LogP contribution in [0.2, 0.25) is 0 Å². The molecule has 0 radical (unpaired) electrons. The molecule has 0 aliphatic rings. The highest BCUT2D eigenvalue weighted by atomic mass is 16.6.